The molecule has 3 rings (SSSR count). The van der Waals surface area contributed by atoms with Crippen molar-refractivity contribution >= 4 is 23.4 Å². The van der Waals surface area contributed by atoms with Crippen molar-refractivity contribution in [2.75, 3.05) is 0 Å². The summed E-state index contributed by atoms with van der Waals surface area (Å²) in [6.45, 7) is 2.96. The van der Waals surface area contributed by atoms with E-state index in [1.165, 1.54) is 31.0 Å². The molecule has 0 spiro atoms. The van der Waals surface area contributed by atoms with Crippen molar-refractivity contribution < 1.29 is 0 Å². The Bertz CT molecular complexity index is 598. The molecule has 2 aromatic rings. The number of hydrogen-bond donors (Lipinski definition) is 0. The predicted molar refractivity (Wildman–Crippen MR) is 73.5 cm³/mol. The molecule has 0 radical (unpaired) electrons. The van der Waals surface area contributed by atoms with Crippen LogP contribution in [0.25, 0.3) is 0 Å². The Balaban J connectivity index is 1.91. The number of fused-ring (bicyclic) bond motifs is 1. The van der Waals surface area contributed by atoms with Crippen LogP contribution in [0.3, 0.4) is 0 Å². The molecule has 0 N–H and O–H groups in total. The lowest BCUT2D eigenvalue weighted by molar-refractivity contribution is 0.590. The molecule has 0 saturated heterocycles. The molecule has 0 aliphatic carbocycles. The van der Waals surface area contributed by atoms with E-state index in [2.05, 4.69) is 24.7 Å². The minimum Gasteiger partial charge on any atom is -0.306 e. The molecule has 0 bridgehead atoms. The van der Waals surface area contributed by atoms with Crippen LogP contribution in [0.2, 0.25) is 5.28 Å². The Morgan fingerprint density at radius 2 is 2.16 bits per heavy atom. The van der Waals surface area contributed by atoms with Crippen LogP contribution < -0.4 is 0 Å². The molecular formula is C12H14ClN5S. The van der Waals surface area contributed by atoms with E-state index in [1.807, 2.05) is 6.92 Å². The van der Waals surface area contributed by atoms with Gasteiger partial charge in [0, 0.05) is 24.7 Å². The summed E-state index contributed by atoms with van der Waals surface area (Å²) < 4.78 is 2.20. The first-order valence-corrected chi connectivity index (χ1v) is 7.52. The second-order valence-corrected chi connectivity index (χ2v) is 5.88. The predicted octanol–water partition coefficient (Wildman–Crippen LogP) is 2.91. The van der Waals surface area contributed by atoms with Crippen molar-refractivity contribution in [3.63, 3.8) is 0 Å². The van der Waals surface area contributed by atoms with E-state index >= 15 is 0 Å². The lowest BCUT2D eigenvalue weighted by Crippen LogP contribution is -2.02. The number of halogens is 1. The normalized spacial score (nSPS) is 15.1. The Hall–Kier alpha value is -1.14. The van der Waals surface area contributed by atoms with Gasteiger partial charge in [0.05, 0.1) is 0 Å². The standard InChI is InChI=1S/C12H14ClN5S/c1-8-7-14-11(13)15-10(8)19-12-17-16-9-5-3-2-4-6-18(9)12/h7H,2-6H2,1H3. The Kier molecular flexibility index (Phi) is 3.70. The molecule has 2 aromatic heterocycles. The van der Waals surface area contributed by atoms with Gasteiger partial charge in [-0.25, -0.2) is 9.97 Å². The van der Waals surface area contributed by atoms with Gasteiger partial charge in [-0.05, 0) is 43.1 Å². The van der Waals surface area contributed by atoms with Gasteiger partial charge in [0.2, 0.25) is 5.28 Å². The fourth-order valence-electron chi connectivity index (χ4n) is 2.13. The molecule has 0 unspecified atom stereocenters. The number of rotatable bonds is 2. The smallest absolute Gasteiger partial charge is 0.223 e. The average molecular weight is 296 g/mol. The van der Waals surface area contributed by atoms with Crippen LogP contribution in [0.4, 0.5) is 0 Å². The third-order valence-electron chi connectivity index (χ3n) is 3.16. The molecule has 0 amide bonds. The number of hydrogen-bond acceptors (Lipinski definition) is 5. The number of nitrogens with zero attached hydrogens (tertiary/aromatic N) is 5. The first-order valence-electron chi connectivity index (χ1n) is 6.33. The van der Waals surface area contributed by atoms with Gasteiger partial charge in [-0.1, -0.05) is 6.42 Å². The van der Waals surface area contributed by atoms with E-state index < -0.39 is 0 Å². The maximum atomic E-state index is 5.85. The third kappa shape index (κ3) is 2.74. The molecule has 0 fully saturated rings. The monoisotopic (exact) mass is 295 g/mol. The van der Waals surface area contributed by atoms with Crippen LogP contribution >= 0.6 is 23.4 Å². The van der Waals surface area contributed by atoms with Crippen LogP contribution in [0, 0.1) is 6.92 Å². The fourth-order valence-corrected chi connectivity index (χ4v) is 3.22. The summed E-state index contributed by atoms with van der Waals surface area (Å²) in [6, 6.07) is 0. The van der Waals surface area contributed by atoms with Crippen molar-refractivity contribution in [3.05, 3.63) is 22.9 Å². The third-order valence-corrected chi connectivity index (χ3v) is 4.43. The minimum atomic E-state index is 0.267. The second kappa shape index (κ2) is 5.46. The molecule has 5 nitrogen and oxygen atoms in total. The van der Waals surface area contributed by atoms with Crippen LogP contribution in [-0.4, -0.2) is 24.7 Å². The van der Waals surface area contributed by atoms with Gasteiger partial charge in [0.25, 0.3) is 0 Å². The summed E-state index contributed by atoms with van der Waals surface area (Å²) >= 11 is 7.36. The molecule has 19 heavy (non-hydrogen) atoms. The van der Waals surface area contributed by atoms with Gasteiger partial charge < -0.3 is 4.57 Å². The largest absolute Gasteiger partial charge is 0.306 e. The number of aryl methyl sites for hydroxylation is 2. The highest BCUT2D eigenvalue weighted by atomic mass is 35.5. The SMILES string of the molecule is Cc1cnc(Cl)nc1Sc1nnc2n1CCCCC2. The van der Waals surface area contributed by atoms with Crippen molar-refractivity contribution in [2.24, 2.45) is 0 Å². The van der Waals surface area contributed by atoms with E-state index in [4.69, 9.17) is 11.6 Å². The van der Waals surface area contributed by atoms with E-state index in [1.54, 1.807) is 6.20 Å². The van der Waals surface area contributed by atoms with Crippen LogP contribution in [0.5, 0.6) is 0 Å². The van der Waals surface area contributed by atoms with Gasteiger partial charge in [-0.3, -0.25) is 0 Å². The molecule has 100 valence electrons. The van der Waals surface area contributed by atoms with Crippen molar-refractivity contribution in [1.29, 1.82) is 0 Å². The second-order valence-electron chi connectivity index (χ2n) is 4.59. The van der Waals surface area contributed by atoms with Gasteiger partial charge >= 0.3 is 0 Å². The van der Waals surface area contributed by atoms with E-state index in [9.17, 15) is 0 Å². The van der Waals surface area contributed by atoms with Crippen molar-refractivity contribution in [2.45, 2.75) is 49.3 Å². The topological polar surface area (TPSA) is 56.5 Å². The molecule has 3 heterocycles. The van der Waals surface area contributed by atoms with Crippen LogP contribution in [-0.2, 0) is 13.0 Å². The highest BCUT2D eigenvalue weighted by Gasteiger charge is 2.17. The molecular weight excluding hydrogens is 282 g/mol. The molecule has 1 aliphatic heterocycles. The molecule has 0 aromatic carbocycles. The molecule has 1 aliphatic rings. The Morgan fingerprint density at radius 3 is 3.05 bits per heavy atom. The first kappa shape index (κ1) is 12.9. The average Bonchev–Trinajstić information content (AvgIpc) is 2.62. The Labute approximate surface area is 120 Å². The fraction of sp³-hybridized carbons (Fsp3) is 0.500. The summed E-state index contributed by atoms with van der Waals surface area (Å²) in [5, 5.41) is 10.6. The minimum absolute atomic E-state index is 0.267. The number of aromatic nitrogens is 5. The maximum Gasteiger partial charge on any atom is 0.223 e. The quantitative estimate of drug-likeness (QED) is 0.630. The maximum absolute atomic E-state index is 5.85. The van der Waals surface area contributed by atoms with Crippen LogP contribution in [0.1, 0.15) is 30.7 Å². The Morgan fingerprint density at radius 1 is 1.26 bits per heavy atom. The van der Waals surface area contributed by atoms with E-state index in [0.717, 1.165) is 34.5 Å². The first-order chi connectivity index (χ1) is 9.24. The molecule has 0 atom stereocenters. The summed E-state index contributed by atoms with van der Waals surface area (Å²) in [6.07, 6.45) is 6.38. The van der Waals surface area contributed by atoms with Crippen molar-refractivity contribution in [1.82, 2.24) is 24.7 Å². The van der Waals surface area contributed by atoms with Gasteiger partial charge in [-0.2, -0.15) is 0 Å². The summed E-state index contributed by atoms with van der Waals surface area (Å²) in [4.78, 5) is 8.23. The van der Waals surface area contributed by atoms with Gasteiger partial charge in [0.1, 0.15) is 10.9 Å². The highest BCUT2D eigenvalue weighted by Crippen LogP contribution is 2.29. The summed E-state index contributed by atoms with van der Waals surface area (Å²) in [5.74, 6) is 1.08. The zero-order valence-corrected chi connectivity index (χ0v) is 12.2. The van der Waals surface area contributed by atoms with Crippen LogP contribution in [0.15, 0.2) is 16.4 Å². The molecule has 7 heteroatoms. The van der Waals surface area contributed by atoms with Gasteiger partial charge in [0.15, 0.2) is 5.16 Å². The van der Waals surface area contributed by atoms with E-state index in [-0.39, 0.29) is 5.28 Å². The lowest BCUT2D eigenvalue weighted by atomic mass is 10.2. The zero-order valence-electron chi connectivity index (χ0n) is 10.6. The highest BCUT2D eigenvalue weighted by molar-refractivity contribution is 7.99. The lowest BCUT2D eigenvalue weighted by Gasteiger charge is -2.07. The van der Waals surface area contributed by atoms with Gasteiger partial charge in [-0.15, -0.1) is 10.2 Å². The zero-order chi connectivity index (χ0) is 13.2. The van der Waals surface area contributed by atoms with E-state index in [0.29, 0.717) is 0 Å². The van der Waals surface area contributed by atoms with Crippen molar-refractivity contribution in [3.8, 4) is 0 Å². The summed E-state index contributed by atoms with van der Waals surface area (Å²) in [5.41, 5.74) is 1.00. The summed E-state index contributed by atoms with van der Waals surface area (Å²) in [7, 11) is 0. The molecule has 0 saturated carbocycles.